The van der Waals surface area contributed by atoms with E-state index >= 15 is 0 Å². The van der Waals surface area contributed by atoms with E-state index in [0.717, 1.165) is 5.13 Å². The van der Waals surface area contributed by atoms with Gasteiger partial charge >= 0.3 is 0 Å². The molecule has 0 aromatic carbocycles. The van der Waals surface area contributed by atoms with Crippen LogP contribution in [0.4, 0.5) is 0 Å². The Morgan fingerprint density at radius 1 is 1.64 bits per heavy atom. The number of hydrogen-bond acceptors (Lipinski definition) is 3. The first-order valence-corrected chi connectivity index (χ1v) is 3.92. The number of aromatic nitrogens is 3. The average Bonchev–Trinajstić information content (AvgIpc) is 2.55. The zero-order valence-electron chi connectivity index (χ0n) is 5.52. The van der Waals surface area contributed by atoms with Crippen molar-refractivity contribution >= 4 is 11.3 Å². The second kappa shape index (κ2) is 2.35. The van der Waals surface area contributed by atoms with E-state index in [9.17, 15) is 4.79 Å². The molecule has 0 bridgehead atoms. The monoisotopic (exact) mass is 167 g/mol. The third kappa shape index (κ3) is 1.10. The Bertz CT molecular complexity index is 386. The van der Waals surface area contributed by atoms with Gasteiger partial charge in [0.15, 0.2) is 0 Å². The molecule has 0 aliphatic rings. The van der Waals surface area contributed by atoms with Crippen LogP contribution < -0.4 is 5.56 Å². The minimum Gasteiger partial charge on any atom is -0.268 e. The SMILES string of the molecule is O=c1ccn(-c2nccs2)[nH]1. The molecule has 0 unspecified atom stereocenters. The molecule has 0 aliphatic heterocycles. The van der Waals surface area contributed by atoms with E-state index in [1.54, 1.807) is 17.1 Å². The zero-order valence-corrected chi connectivity index (χ0v) is 6.34. The fourth-order valence-electron chi connectivity index (χ4n) is 0.782. The van der Waals surface area contributed by atoms with Gasteiger partial charge in [0.1, 0.15) is 0 Å². The molecule has 0 fully saturated rings. The van der Waals surface area contributed by atoms with Crippen LogP contribution in [0.15, 0.2) is 28.6 Å². The van der Waals surface area contributed by atoms with Crippen LogP contribution in [0.25, 0.3) is 5.13 Å². The molecule has 0 spiro atoms. The Kier molecular flexibility index (Phi) is 1.36. The Morgan fingerprint density at radius 3 is 3.09 bits per heavy atom. The number of rotatable bonds is 1. The minimum atomic E-state index is -0.111. The summed E-state index contributed by atoms with van der Waals surface area (Å²) in [5, 5.41) is 5.21. The Hall–Kier alpha value is -1.36. The van der Waals surface area contributed by atoms with Gasteiger partial charge in [-0.05, 0) is 0 Å². The standard InChI is InChI=1S/C6H5N3OS/c10-5-1-3-9(8-5)6-7-2-4-11-6/h1-4H,(H,8,10). The van der Waals surface area contributed by atoms with E-state index in [-0.39, 0.29) is 5.56 Å². The second-order valence-electron chi connectivity index (χ2n) is 1.98. The van der Waals surface area contributed by atoms with Crippen molar-refractivity contribution in [3.8, 4) is 5.13 Å². The van der Waals surface area contributed by atoms with Crippen molar-refractivity contribution in [3.63, 3.8) is 0 Å². The number of H-pyrrole nitrogens is 1. The molecule has 0 saturated carbocycles. The molecule has 0 saturated heterocycles. The number of nitrogens with zero attached hydrogens (tertiary/aromatic N) is 2. The third-order valence-corrected chi connectivity index (χ3v) is 2.00. The first-order chi connectivity index (χ1) is 5.36. The summed E-state index contributed by atoms with van der Waals surface area (Å²) in [6.45, 7) is 0. The molecular weight excluding hydrogens is 162 g/mol. The predicted molar refractivity (Wildman–Crippen MR) is 42.1 cm³/mol. The van der Waals surface area contributed by atoms with E-state index in [0.29, 0.717) is 0 Å². The second-order valence-corrected chi connectivity index (χ2v) is 2.85. The van der Waals surface area contributed by atoms with Crippen molar-refractivity contribution in [1.82, 2.24) is 14.8 Å². The van der Waals surface area contributed by atoms with Crippen LogP contribution in [0.3, 0.4) is 0 Å². The number of thiazole rings is 1. The van der Waals surface area contributed by atoms with E-state index in [4.69, 9.17) is 0 Å². The molecule has 2 aromatic heterocycles. The van der Waals surface area contributed by atoms with Crippen LogP contribution in [0.2, 0.25) is 0 Å². The lowest BCUT2D eigenvalue weighted by atomic mass is 10.7. The summed E-state index contributed by atoms with van der Waals surface area (Å²) in [5.41, 5.74) is -0.111. The fourth-order valence-corrected chi connectivity index (χ4v) is 1.37. The fraction of sp³-hybridized carbons (Fsp3) is 0. The highest BCUT2D eigenvalue weighted by Crippen LogP contribution is 2.06. The predicted octanol–water partition coefficient (Wildman–Crippen LogP) is 0.622. The molecular formula is C6H5N3OS. The lowest BCUT2D eigenvalue weighted by molar-refractivity contribution is 0.854. The molecule has 0 amide bonds. The van der Waals surface area contributed by atoms with Crippen LogP contribution in [0, 0.1) is 0 Å². The van der Waals surface area contributed by atoms with Crippen LogP contribution >= 0.6 is 11.3 Å². The number of aromatic amines is 1. The molecule has 11 heavy (non-hydrogen) atoms. The summed E-state index contributed by atoms with van der Waals surface area (Å²) in [6, 6.07) is 1.46. The first kappa shape index (κ1) is 6.36. The first-order valence-electron chi connectivity index (χ1n) is 3.04. The number of hydrogen-bond donors (Lipinski definition) is 1. The lowest BCUT2D eigenvalue weighted by Crippen LogP contribution is -2.02. The van der Waals surface area contributed by atoms with Crippen molar-refractivity contribution in [2.24, 2.45) is 0 Å². The van der Waals surface area contributed by atoms with E-state index in [1.807, 2.05) is 5.38 Å². The maximum Gasteiger partial charge on any atom is 0.264 e. The van der Waals surface area contributed by atoms with Crippen LogP contribution in [-0.2, 0) is 0 Å². The van der Waals surface area contributed by atoms with Gasteiger partial charge in [0.05, 0.1) is 0 Å². The molecule has 1 N–H and O–H groups in total. The smallest absolute Gasteiger partial charge is 0.264 e. The van der Waals surface area contributed by atoms with E-state index in [1.165, 1.54) is 17.4 Å². The largest absolute Gasteiger partial charge is 0.268 e. The summed E-state index contributed by atoms with van der Waals surface area (Å²) in [5.74, 6) is 0. The average molecular weight is 167 g/mol. The molecule has 2 aromatic rings. The molecule has 0 atom stereocenters. The van der Waals surface area contributed by atoms with Gasteiger partial charge in [-0.2, -0.15) is 0 Å². The highest BCUT2D eigenvalue weighted by atomic mass is 32.1. The molecule has 2 heterocycles. The summed E-state index contributed by atoms with van der Waals surface area (Å²) in [4.78, 5) is 14.7. The highest BCUT2D eigenvalue weighted by molar-refractivity contribution is 7.12. The van der Waals surface area contributed by atoms with Crippen molar-refractivity contribution in [2.45, 2.75) is 0 Å². The van der Waals surface area contributed by atoms with Gasteiger partial charge < -0.3 is 0 Å². The summed E-state index contributed by atoms with van der Waals surface area (Å²) < 4.78 is 1.59. The molecule has 2 rings (SSSR count). The normalized spacial score (nSPS) is 10.2. The maximum absolute atomic E-state index is 10.7. The summed E-state index contributed by atoms with van der Waals surface area (Å²) in [6.07, 6.45) is 3.35. The van der Waals surface area contributed by atoms with Gasteiger partial charge in [-0.1, -0.05) is 0 Å². The van der Waals surface area contributed by atoms with Crippen LogP contribution in [0.1, 0.15) is 0 Å². The van der Waals surface area contributed by atoms with Gasteiger partial charge in [-0.25, -0.2) is 9.67 Å². The van der Waals surface area contributed by atoms with Gasteiger partial charge in [0, 0.05) is 23.8 Å². The molecule has 5 heteroatoms. The summed E-state index contributed by atoms with van der Waals surface area (Å²) in [7, 11) is 0. The maximum atomic E-state index is 10.7. The van der Waals surface area contributed by atoms with E-state index in [2.05, 4.69) is 10.1 Å². The van der Waals surface area contributed by atoms with Crippen molar-refractivity contribution in [2.75, 3.05) is 0 Å². The van der Waals surface area contributed by atoms with E-state index < -0.39 is 0 Å². The Balaban J connectivity index is 2.53. The van der Waals surface area contributed by atoms with Gasteiger partial charge in [-0.3, -0.25) is 9.89 Å². The minimum absolute atomic E-state index is 0.111. The number of nitrogens with one attached hydrogen (secondary N) is 1. The summed E-state index contributed by atoms with van der Waals surface area (Å²) >= 11 is 1.47. The topological polar surface area (TPSA) is 50.7 Å². The molecule has 56 valence electrons. The molecule has 4 nitrogen and oxygen atoms in total. The zero-order chi connectivity index (χ0) is 7.68. The van der Waals surface area contributed by atoms with Gasteiger partial charge in [0.25, 0.3) is 5.56 Å². The van der Waals surface area contributed by atoms with Gasteiger partial charge in [-0.15, -0.1) is 11.3 Å². The lowest BCUT2D eigenvalue weighted by Gasteiger charge is -1.91. The van der Waals surface area contributed by atoms with Crippen LogP contribution in [0.5, 0.6) is 0 Å². The Labute approximate surface area is 66.1 Å². The van der Waals surface area contributed by atoms with Crippen molar-refractivity contribution < 1.29 is 0 Å². The molecule has 0 aliphatic carbocycles. The van der Waals surface area contributed by atoms with Gasteiger partial charge in [0.2, 0.25) is 5.13 Å². The molecule has 0 radical (unpaired) electrons. The van der Waals surface area contributed by atoms with Crippen LogP contribution in [-0.4, -0.2) is 14.8 Å². The quantitative estimate of drug-likeness (QED) is 0.677. The van der Waals surface area contributed by atoms with Crippen molar-refractivity contribution in [3.05, 3.63) is 34.2 Å². The Morgan fingerprint density at radius 2 is 2.55 bits per heavy atom. The highest BCUT2D eigenvalue weighted by Gasteiger charge is 1.96. The van der Waals surface area contributed by atoms with Crippen molar-refractivity contribution in [1.29, 1.82) is 0 Å². The third-order valence-electron chi connectivity index (χ3n) is 1.23.